The van der Waals surface area contributed by atoms with Crippen molar-refractivity contribution >= 4 is 22.7 Å². The molecule has 0 radical (unpaired) electrons. The number of carbonyl (C=O) groups is 2. The molecule has 2 aromatic heterocycles. The summed E-state index contributed by atoms with van der Waals surface area (Å²) in [6.45, 7) is 2.07. The highest BCUT2D eigenvalue weighted by molar-refractivity contribution is 6.00. The lowest BCUT2D eigenvalue weighted by Gasteiger charge is -2.23. The van der Waals surface area contributed by atoms with Crippen LogP contribution in [0.25, 0.3) is 10.9 Å². The van der Waals surface area contributed by atoms with Gasteiger partial charge in [0.1, 0.15) is 6.04 Å². The molecule has 1 aliphatic carbocycles. The molecule has 164 valence electrons. The number of nitrogens with one attached hydrogen (secondary N) is 3. The van der Waals surface area contributed by atoms with E-state index in [-0.39, 0.29) is 23.8 Å². The molecule has 2 amide bonds. The second-order valence-corrected chi connectivity index (χ2v) is 8.29. The van der Waals surface area contributed by atoms with Gasteiger partial charge in [0.05, 0.1) is 0 Å². The van der Waals surface area contributed by atoms with Gasteiger partial charge in [0.15, 0.2) is 5.82 Å². The van der Waals surface area contributed by atoms with Gasteiger partial charge >= 0.3 is 0 Å². The third-order valence-electron chi connectivity index (χ3n) is 6.15. The van der Waals surface area contributed by atoms with E-state index < -0.39 is 6.04 Å². The molecular weight excluding hydrogens is 394 g/mol. The summed E-state index contributed by atoms with van der Waals surface area (Å²) in [6, 6.07) is 6.95. The number of nitrogens with zero attached hydrogens (tertiary/aromatic N) is 4. The molecule has 3 N–H and O–H groups in total. The van der Waals surface area contributed by atoms with Crippen LogP contribution in [0.1, 0.15) is 67.5 Å². The predicted molar refractivity (Wildman–Crippen MR) is 116 cm³/mol. The summed E-state index contributed by atoms with van der Waals surface area (Å²) < 4.78 is 2.01. The summed E-state index contributed by atoms with van der Waals surface area (Å²) in [5, 5.41) is 21.4. The summed E-state index contributed by atoms with van der Waals surface area (Å²) in [4.78, 5) is 26.0. The molecule has 3 atom stereocenters. The molecule has 0 bridgehead atoms. The van der Waals surface area contributed by atoms with Crippen LogP contribution in [-0.4, -0.2) is 49.1 Å². The van der Waals surface area contributed by atoms with Crippen LogP contribution in [0, 0.1) is 0 Å². The Labute approximate surface area is 181 Å². The van der Waals surface area contributed by atoms with E-state index in [0.29, 0.717) is 17.8 Å². The highest BCUT2D eigenvalue weighted by Gasteiger charge is 2.34. The first-order chi connectivity index (χ1) is 15.1. The van der Waals surface area contributed by atoms with Crippen LogP contribution in [0.3, 0.4) is 0 Å². The molecule has 3 aromatic rings. The van der Waals surface area contributed by atoms with Crippen LogP contribution in [0.4, 0.5) is 0 Å². The van der Waals surface area contributed by atoms with Gasteiger partial charge in [0.25, 0.3) is 5.91 Å². The Morgan fingerprint density at radius 2 is 2.16 bits per heavy atom. The number of fused-ring (bicyclic) bond motifs is 1. The number of tetrazole rings is 1. The van der Waals surface area contributed by atoms with Crippen molar-refractivity contribution in [2.75, 3.05) is 0 Å². The molecule has 2 heterocycles. The number of aromatic nitrogens is 5. The Balaban J connectivity index is 1.45. The predicted octanol–water partition coefficient (Wildman–Crippen LogP) is 2.43. The van der Waals surface area contributed by atoms with E-state index in [0.717, 1.165) is 43.0 Å². The molecule has 0 spiro atoms. The zero-order valence-corrected chi connectivity index (χ0v) is 18.0. The number of hydrogen-bond acceptors (Lipinski definition) is 5. The summed E-state index contributed by atoms with van der Waals surface area (Å²) in [6.07, 6.45) is 7.14. The minimum atomic E-state index is -0.578. The van der Waals surface area contributed by atoms with Gasteiger partial charge < -0.3 is 15.2 Å². The van der Waals surface area contributed by atoms with Crippen LogP contribution < -0.4 is 10.6 Å². The molecule has 9 heteroatoms. The van der Waals surface area contributed by atoms with E-state index in [2.05, 4.69) is 38.2 Å². The quantitative estimate of drug-likeness (QED) is 0.514. The minimum Gasteiger partial charge on any atom is -0.351 e. The van der Waals surface area contributed by atoms with Crippen LogP contribution in [0.5, 0.6) is 0 Å². The first kappa shape index (κ1) is 21.0. The maximum atomic E-state index is 13.1. The molecule has 4 rings (SSSR count). The third-order valence-corrected chi connectivity index (χ3v) is 6.15. The van der Waals surface area contributed by atoms with Gasteiger partial charge in [-0.1, -0.05) is 31.4 Å². The largest absolute Gasteiger partial charge is 0.351 e. The molecular formula is C22H29N7O2. The number of carbonyl (C=O) groups excluding carboxylic acids is 2. The fraction of sp³-hybridized carbons (Fsp3) is 0.500. The Kier molecular flexibility index (Phi) is 6.29. The lowest BCUT2D eigenvalue weighted by Crippen LogP contribution is -2.50. The SMILES string of the molecule is CCCC[C@H](NC(=O)c1ccc2c(ccn2C)c1)C(=O)N[C@H]1CCC[C@H]1c1nn[nH]n1. The molecule has 1 fully saturated rings. The fourth-order valence-electron chi connectivity index (χ4n) is 4.39. The van der Waals surface area contributed by atoms with Gasteiger partial charge in [-0.05, 0) is 43.5 Å². The molecule has 0 aliphatic heterocycles. The molecule has 0 saturated heterocycles. The van der Waals surface area contributed by atoms with Crippen LogP contribution in [0.15, 0.2) is 30.5 Å². The summed E-state index contributed by atoms with van der Waals surface area (Å²) >= 11 is 0. The highest BCUT2D eigenvalue weighted by Crippen LogP contribution is 2.32. The number of amides is 2. The molecule has 1 saturated carbocycles. The number of H-pyrrole nitrogens is 1. The average Bonchev–Trinajstić information content (AvgIpc) is 3.52. The Hall–Kier alpha value is -3.23. The molecule has 0 unspecified atom stereocenters. The van der Waals surface area contributed by atoms with Crippen molar-refractivity contribution in [1.82, 2.24) is 35.8 Å². The topological polar surface area (TPSA) is 118 Å². The summed E-state index contributed by atoms with van der Waals surface area (Å²) in [5.74, 6) is 0.296. The zero-order valence-electron chi connectivity index (χ0n) is 18.0. The molecule has 1 aliphatic rings. The number of benzene rings is 1. The van der Waals surface area contributed by atoms with E-state index in [9.17, 15) is 9.59 Å². The Morgan fingerprint density at radius 1 is 1.29 bits per heavy atom. The highest BCUT2D eigenvalue weighted by atomic mass is 16.2. The second kappa shape index (κ2) is 9.28. The number of hydrogen-bond donors (Lipinski definition) is 3. The maximum Gasteiger partial charge on any atom is 0.251 e. The lowest BCUT2D eigenvalue weighted by atomic mass is 10.0. The van der Waals surface area contributed by atoms with Crippen molar-refractivity contribution in [3.8, 4) is 0 Å². The van der Waals surface area contributed by atoms with E-state index in [1.54, 1.807) is 6.07 Å². The zero-order chi connectivity index (χ0) is 21.8. The number of rotatable bonds is 8. The first-order valence-corrected chi connectivity index (χ1v) is 11.0. The lowest BCUT2D eigenvalue weighted by molar-refractivity contribution is -0.124. The van der Waals surface area contributed by atoms with Gasteiger partial charge in [-0.3, -0.25) is 9.59 Å². The van der Waals surface area contributed by atoms with Crippen molar-refractivity contribution in [1.29, 1.82) is 0 Å². The van der Waals surface area contributed by atoms with E-state index in [4.69, 9.17) is 0 Å². The first-order valence-electron chi connectivity index (χ1n) is 11.0. The van der Waals surface area contributed by atoms with Gasteiger partial charge in [0.2, 0.25) is 5.91 Å². The summed E-state index contributed by atoms with van der Waals surface area (Å²) in [7, 11) is 1.97. The third kappa shape index (κ3) is 4.60. The second-order valence-electron chi connectivity index (χ2n) is 8.29. The average molecular weight is 424 g/mol. The van der Waals surface area contributed by atoms with Crippen molar-refractivity contribution in [3.63, 3.8) is 0 Å². The molecule has 9 nitrogen and oxygen atoms in total. The van der Waals surface area contributed by atoms with Crippen molar-refractivity contribution in [2.45, 2.75) is 63.5 Å². The van der Waals surface area contributed by atoms with E-state index in [1.165, 1.54) is 0 Å². The van der Waals surface area contributed by atoms with Crippen LogP contribution in [0.2, 0.25) is 0 Å². The van der Waals surface area contributed by atoms with Crippen molar-refractivity contribution in [3.05, 3.63) is 41.9 Å². The van der Waals surface area contributed by atoms with Gasteiger partial charge in [-0.2, -0.15) is 5.21 Å². The smallest absolute Gasteiger partial charge is 0.251 e. The Morgan fingerprint density at radius 3 is 2.94 bits per heavy atom. The van der Waals surface area contributed by atoms with Crippen LogP contribution in [-0.2, 0) is 11.8 Å². The monoisotopic (exact) mass is 423 g/mol. The number of aryl methyl sites for hydroxylation is 1. The molecule has 1 aromatic carbocycles. The Bertz CT molecular complexity index is 1040. The van der Waals surface area contributed by atoms with Crippen LogP contribution >= 0.6 is 0 Å². The van der Waals surface area contributed by atoms with E-state index in [1.807, 2.05) is 36.0 Å². The van der Waals surface area contributed by atoms with Gasteiger partial charge in [-0.15, -0.1) is 10.2 Å². The summed E-state index contributed by atoms with van der Waals surface area (Å²) in [5.41, 5.74) is 1.61. The molecule has 31 heavy (non-hydrogen) atoms. The van der Waals surface area contributed by atoms with Gasteiger partial charge in [0, 0.05) is 41.7 Å². The standard InChI is InChI=1S/C22H29N7O2/c1-3-4-7-18(22(31)23-17-8-5-6-16(17)20-25-27-28-26-20)24-21(30)15-9-10-19-14(13-15)11-12-29(19)2/h9-13,16-18H,3-8H2,1-2H3,(H,23,31)(H,24,30)(H,25,26,27,28)/t16-,17+,18+/m1/s1. The van der Waals surface area contributed by atoms with E-state index >= 15 is 0 Å². The maximum absolute atomic E-state index is 13.1. The number of aromatic amines is 1. The van der Waals surface area contributed by atoms with Crippen molar-refractivity contribution < 1.29 is 9.59 Å². The number of unbranched alkanes of at least 4 members (excludes halogenated alkanes) is 1. The normalized spacial score (nSPS) is 19.4. The van der Waals surface area contributed by atoms with Crippen molar-refractivity contribution in [2.24, 2.45) is 7.05 Å². The van der Waals surface area contributed by atoms with Gasteiger partial charge in [-0.25, -0.2) is 0 Å². The fourth-order valence-corrected chi connectivity index (χ4v) is 4.39. The minimum absolute atomic E-state index is 0.0470.